The normalized spacial score (nSPS) is 27.5. The van der Waals surface area contributed by atoms with Crippen molar-refractivity contribution in [2.45, 2.75) is 77.4 Å². The summed E-state index contributed by atoms with van der Waals surface area (Å²) in [5.41, 5.74) is 1.76. The SMILES string of the molecule is COc1ccc(CC2NC(=O)/C=C/C[C@@H]([C@H](C)[C@@H]3O[C@@H]3c3ccccc3)NC(=O)[C@H](CC(C)C)OC(=O)[C@H](C)CNC2=O)cc1Cl. The van der Waals surface area contributed by atoms with Gasteiger partial charge >= 0.3 is 5.97 Å². The molecule has 1 saturated heterocycles. The molecule has 2 aliphatic heterocycles. The van der Waals surface area contributed by atoms with Crippen LogP contribution in [-0.4, -0.2) is 61.6 Å². The molecule has 46 heavy (non-hydrogen) atoms. The smallest absolute Gasteiger partial charge is 0.311 e. The highest BCUT2D eigenvalue weighted by Crippen LogP contribution is 2.44. The van der Waals surface area contributed by atoms with Crippen LogP contribution in [0.25, 0.3) is 0 Å². The minimum Gasteiger partial charge on any atom is -0.495 e. The van der Waals surface area contributed by atoms with E-state index in [1.54, 1.807) is 31.2 Å². The maximum absolute atomic E-state index is 13.6. The second-order valence-corrected chi connectivity index (χ2v) is 12.9. The Balaban J connectivity index is 1.58. The summed E-state index contributed by atoms with van der Waals surface area (Å²) in [6.45, 7) is 7.47. The van der Waals surface area contributed by atoms with Crippen molar-refractivity contribution in [1.82, 2.24) is 16.0 Å². The Hall–Kier alpha value is -3.89. The lowest BCUT2D eigenvalue weighted by Crippen LogP contribution is -2.50. The topological polar surface area (TPSA) is 135 Å². The van der Waals surface area contributed by atoms with Crippen LogP contribution in [0.2, 0.25) is 5.02 Å². The minimum atomic E-state index is -1.02. The molecular weight excluding hydrogens is 610 g/mol. The third kappa shape index (κ3) is 9.56. The van der Waals surface area contributed by atoms with Crippen molar-refractivity contribution in [2.75, 3.05) is 13.7 Å². The molecule has 10 nitrogen and oxygen atoms in total. The fraction of sp³-hybridized carbons (Fsp3) is 0.486. The van der Waals surface area contributed by atoms with Gasteiger partial charge in [0, 0.05) is 24.9 Å². The number of amides is 3. The molecular formula is C35H44ClN3O7. The van der Waals surface area contributed by atoms with Crippen molar-refractivity contribution in [3.05, 3.63) is 76.8 Å². The average Bonchev–Trinajstić information content (AvgIpc) is 3.83. The van der Waals surface area contributed by atoms with Crippen LogP contribution in [-0.2, 0) is 35.1 Å². The van der Waals surface area contributed by atoms with Crippen LogP contribution in [0.1, 0.15) is 57.8 Å². The van der Waals surface area contributed by atoms with Crippen LogP contribution in [0.3, 0.4) is 0 Å². The first-order valence-corrected chi connectivity index (χ1v) is 16.1. The van der Waals surface area contributed by atoms with Crippen LogP contribution in [0.4, 0.5) is 0 Å². The highest BCUT2D eigenvalue weighted by atomic mass is 35.5. The number of epoxide rings is 1. The Labute approximate surface area is 275 Å². The zero-order valence-corrected chi connectivity index (χ0v) is 27.7. The number of halogens is 1. The number of carbonyl (C=O) groups excluding carboxylic acids is 4. The molecule has 2 aliphatic rings. The number of esters is 1. The predicted molar refractivity (Wildman–Crippen MR) is 174 cm³/mol. The molecule has 11 heteroatoms. The van der Waals surface area contributed by atoms with Crippen molar-refractivity contribution in [3.63, 3.8) is 0 Å². The molecule has 0 radical (unpaired) electrons. The first-order chi connectivity index (χ1) is 22.0. The quantitative estimate of drug-likeness (QED) is 0.286. The van der Waals surface area contributed by atoms with Crippen molar-refractivity contribution in [3.8, 4) is 5.75 Å². The maximum atomic E-state index is 13.6. The molecule has 0 bridgehead atoms. The number of cyclic esters (lactones) is 1. The Kier molecular flexibility index (Phi) is 12.2. The van der Waals surface area contributed by atoms with Gasteiger partial charge in [-0.05, 0) is 48.1 Å². The molecule has 1 fully saturated rings. The van der Waals surface area contributed by atoms with Crippen molar-refractivity contribution < 1.29 is 33.4 Å². The van der Waals surface area contributed by atoms with Crippen LogP contribution >= 0.6 is 11.6 Å². The Morgan fingerprint density at radius 3 is 2.41 bits per heavy atom. The van der Waals surface area contributed by atoms with Crippen molar-refractivity contribution in [2.24, 2.45) is 17.8 Å². The first kappa shape index (κ1) is 35.0. The van der Waals surface area contributed by atoms with Gasteiger partial charge in [-0.15, -0.1) is 0 Å². The van der Waals surface area contributed by atoms with Crippen LogP contribution in [0.5, 0.6) is 5.75 Å². The monoisotopic (exact) mass is 653 g/mol. The summed E-state index contributed by atoms with van der Waals surface area (Å²) in [7, 11) is 1.51. The molecule has 2 aromatic rings. The van der Waals surface area contributed by atoms with E-state index < -0.39 is 47.8 Å². The van der Waals surface area contributed by atoms with E-state index in [1.165, 1.54) is 13.2 Å². The number of hydrogen-bond acceptors (Lipinski definition) is 7. The van der Waals surface area contributed by atoms with E-state index in [2.05, 4.69) is 16.0 Å². The van der Waals surface area contributed by atoms with E-state index in [9.17, 15) is 19.2 Å². The van der Waals surface area contributed by atoms with Gasteiger partial charge < -0.3 is 30.2 Å². The molecule has 2 aromatic carbocycles. The Bertz CT molecular complexity index is 1420. The van der Waals surface area contributed by atoms with E-state index in [0.717, 1.165) is 5.56 Å². The predicted octanol–water partition coefficient (Wildman–Crippen LogP) is 4.31. The molecule has 1 unspecified atom stereocenters. The van der Waals surface area contributed by atoms with Gasteiger partial charge in [0.2, 0.25) is 11.8 Å². The standard InChI is InChI=1S/C35H44ClN3O7/c1-20(2)16-29-34(42)39-26(22(4)31-32(46-31)24-10-7-6-8-11-24)12-9-13-30(40)38-27(33(41)37-19-21(3)35(43)45-29)18-23-14-15-28(44-5)25(36)17-23/h6-11,13-15,17,20-22,26-27,29,31-32H,12,16,18-19H2,1-5H3,(H,37,41)(H,38,40)(H,39,42)/b13-9+/t21-,22+,26+,27?,29+,31+,32-/m1/s1. The van der Waals surface area contributed by atoms with Crippen LogP contribution < -0.4 is 20.7 Å². The van der Waals surface area contributed by atoms with E-state index in [0.29, 0.717) is 29.2 Å². The fourth-order valence-corrected chi connectivity index (χ4v) is 5.80. The lowest BCUT2D eigenvalue weighted by atomic mass is 9.91. The van der Waals surface area contributed by atoms with Crippen molar-refractivity contribution >= 4 is 35.3 Å². The number of ether oxygens (including phenoxy) is 3. The molecule has 0 aliphatic carbocycles. The van der Waals surface area contributed by atoms with E-state index in [-0.39, 0.29) is 37.0 Å². The van der Waals surface area contributed by atoms with Gasteiger partial charge in [-0.1, -0.05) is 81.8 Å². The average molecular weight is 654 g/mol. The summed E-state index contributed by atoms with van der Waals surface area (Å²) in [5.74, 6) is -2.26. The molecule has 0 spiro atoms. The third-order valence-corrected chi connectivity index (χ3v) is 8.60. The van der Waals surface area contributed by atoms with E-state index in [1.807, 2.05) is 51.1 Å². The molecule has 0 saturated carbocycles. The Morgan fingerprint density at radius 2 is 1.74 bits per heavy atom. The number of hydrogen-bond donors (Lipinski definition) is 3. The Morgan fingerprint density at radius 1 is 1.00 bits per heavy atom. The number of nitrogens with one attached hydrogen (secondary N) is 3. The second-order valence-electron chi connectivity index (χ2n) is 12.5. The zero-order chi connectivity index (χ0) is 33.4. The molecule has 7 atom stereocenters. The zero-order valence-electron chi connectivity index (χ0n) is 27.0. The number of rotatable bonds is 8. The first-order valence-electron chi connectivity index (χ1n) is 15.7. The highest BCUT2D eigenvalue weighted by Gasteiger charge is 2.47. The summed E-state index contributed by atoms with van der Waals surface area (Å²) in [6, 6.07) is 13.6. The summed E-state index contributed by atoms with van der Waals surface area (Å²) in [4.78, 5) is 53.1. The lowest BCUT2D eigenvalue weighted by molar-refractivity contribution is -0.160. The molecule has 248 valence electrons. The summed E-state index contributed by atoms with van der Waals surface area (Å²) in [5, 5.41) is 8.99. The van der Waals surface area contributed by atoms with Gasteiger partial charge in [0.1, 0.15) is 17.9 Å². The number of methoxy groups -OCH3 is 1. The fourth-order valence-electron chi connectivity index (χ4n) is 5.52. The molecule has 3 amide bonds. The van der Waals surface area contributed by atoms with Crippen molar-refractivity contribution in [1.29, 1.82) is 0 Å². The minimum absolute atomic E-state index is 0.0428. The van der Waals surface area contributed by atoms with Crippen LogP contribution in [0, 0.1) is 17.8 Å². The molecule has 2 heterocycles. The summed E-state index contributed by atoms with van der Waals surface area (Å²) in [6.07, 6.45) is 2.58. The third-order valence-electron chi connectivity index (χ3n) is 8.30. The molecule has 0 aromatic heterocycles. The summed E-state index contributed by atoms with van der Waals surface area (Å²) < 4.78 is 17.0. The van der Waals surface area contributed by atoms with Gasteiger partial charge in [0.15, 0.2) is 6.10 Å². The lowest BCUT2D eigenvalue weighted by Gasteiger charge is -2.27. The molecule has 3 N–H and O–H groups in total. The number of carbonyl (C=O) groups is 4. The highest BCUT2D eigenvalue weighted by molar-refractivity contribution is 6.32. The van der Waals surface area contributed by atoms with Gasteiger partial charge in [-0.25, -0.2) is 0 Å². The van der Waals surface area contributed by atoms with Gasteiger partial charge in [0.05, 0.1) is 24.2 Å². The largest absolute Gasteiger partial charge is 0.495 e. The summed E-state index contributed by atoms with van der Waals surface area (Å²) >= 11 is 6.30. The van der Waals surface area contributed by atoms with Gasteiger partial charge in [-0.3, -0.25) is 19.2 Å². The molecule has 4 rings (SSSR count). The van der Waals surface area contributed by atoms with Gasteiger partial charge in [0.25, 0.3) is 5.91 Å². The van der Waals surface area contributed by atoms with Gasteiger partial charge in [-0.2, -0.15) is 0 Å². The number of benzene rings is 2. The van der Waals surface area contributed by atoms with E-state index in [4.69, 9.17) is 25.8 Å². The van der Waals surface area contributed by atoms with E-state index >= 15 is 0 Å². The van der Waals surface area contributed by atoms with Crippen LogP contribution in [0.15, 0.2) is 60.7 Å². The second kappa shape index (κ2) is 16.1. The maximum Gasteiger partial charge on any atom is 0.311 e.